The van der Waals surface area contributed by atoms with E-state index in [-0.39, 0.29) is 23.0 Å². The van der Waals surface area contributed by atoms with Gasteiger partial charge in [-0.3, -0.25) is 0 Å². The minimum atomic E-state index is -1.33. The minimum Gasteiger partial charge on any atom is -0.508 e. The van der Waals surface area contributed by atoms with Crippen molar-refractivity contribution >= 4 is 11.9 Å². The smallest absolute Gasteiger partial charge is 0.342 e. The van der Waals surface area contributed by atoms with Crippen LogP contribution >= 0.6 is 0 Å². The Morgan fingerprint density at radius 1 is 1.14 bits per heavy atom. The molecule has 0 saturated heterocycles. The van der Waals surface area contributed by atoms with E-state index in [1.807, 2.05) is 0 Å². The standard InChI is InChI=1S/C13H10N2O6/c16-8-3-1-7(2-4-8)11-14-5-9(13(19)20)12(15-11)21-6-10(17)18/h1-5,16H,6H2,(H,17,18)(H,19,20). The summed E-state index contributed by atoms with van der Waals surface area (Å²) in [5.41, 5.74) is 0.184. The first-order chi connectivity index (χ1) is 9.97. The Kier molecular flexibility index (Phi) is 3.98. The van der Waals surface area contributed by atoms with E-state index < -0.39 is 18.5 Å². The largest absolute Gasteiger partial charge is 0.508 e. The molecule has 0 radical (unpaired) electrons. The maximum absolute atomic E-state index is 11.0. The number of aromatic nitrogens is 2. The van der Waals surface area contributed by atoms with Crippen LogP contribution in [0.4, 0.5) is 0 Å². The summed E-state index contributed by atoms with van der Waals surface area (Å²) in [5, 5.41) is 26.8. The van der Waals surface area contributed by atoms with Gasteiger partial charge in [-0.15, -0.1) is 0 Å². The number of carboxylic acid groups (broad SMARTS) is 2. The van der Waals surface area contributed by atoms with Gasteiger partial charge in [-0.25, -0.2) is 14.6 Å². The van der Waals surface area contributed by atoms with Crippen molar-refractivity contribution in [1.29, 1.82) is 0 Å². The molecule has 2 rings (SSSR count). The second kappa shape index (κ2) is 5.87. The number of carbonyl (C=O) groups is 2. The highest BCUT2D eigenvalue weighted by molar-refractivity contribution is 5.90. The van der Waals surface area contributed by atoms with Crippen molar-refractivity contribution in [2.45, 2.75) is 0 Å². The Morgan fingerprint density at radius 3 is 2.38 bits per heavy atom. The van der Waals surface area contributed by atoms with Crippen molar-refractivity contribution < 1.29 is 29.6 Å². The lowest BCUT2D eigenvalue weighted by molar-refractivity contribution is -0.139. The van der Waals surface area contributed by atoms with Crippen molar-refractivity contribution in [2.75, 3.05) is 6.61 Å². The number of phenols is 1. The number of aromatic carboxylic acids is 1. The number of carboxylic acids is 2. The molecule has 21 heavy (non-hydrogen) atoms. The third-order valence-electron chi connectivity index (χ3n) is 2.44. The van der Waals surface area contributed by atoms with E-state index in [0.717, 1.165) is 6.20 Å². The number of hydrogen-bond donors (Lipinski definition) is 3. The molecule has 0 atom stereocenters. The van der Waals surface area contributed by atoms with Crippen molar-refractivity contribution in [3.05, 3.63) is 36.0 Å². The zero-order chi connectivity index (χ0) is 15.4. The average molecular weight is 290 g/mol. The summed E-state index contributed by atoms with van der Waals surface area (Å²) in [5.74, 6) is -2.70. The Bertz CT molecular complexity index is 684. The van der Waals surface area contributed by atoms with E-state index >= 15 is 0 Å². The van der Waals surface area contributed by atoms with Gasteiger partial charge >= 0.3 is 11.9 Å². The third kappa shape index (κ3) is 3.44. The van der Waals surface area contributed by atoms with Crippen molar-refractivity contribution in [2.24, 2.45) is 0 Å². The molecular formula is C13H10N2O6. The van der Waals surface area contributed by atoms with Gasteiger partial charge in [0.05, 0.1) is 0 Å². The van der Waals surface area contributed by atoms with Crippen molar-refractivity contribution in [3.63, 3.8) is 0 Å². The normalized spacial score (nSPS) is 10.1. The van der Waals surface area contributed by atoms with Crippen LogP contribution in [-0.4, -0.2) is 43.8 Å². The zero-order valence-corrected chi connectivity index (χ0v) is 10.6. The monoisotopic (exact) mass is 290 g/mol. The molecule has 0 unspecified atom stereocenters. The maximum Gasteiger partial charge on any atom is 0.342 e. The first-order valence-corrected chi connectivity index (χ1v) is 5.71. The van der Waals surface area contributed by atoms with Crippen LogP contribution in [0.5, 0.6) is 11.6 Å². The maximum atomic E-state index is 11.0. The van der Waals surface area contributed by atoms with Crippen LogP contribution in [-0.2, 0) is 4.79 Å². The Balaban J connectivity index is 2.40. The number of nitrogens with zero attached hydrogens (tertiary/aromatic N) is 2. The lowest BCUT2D eigenvalue weighted by atomic mass is 10.2. The van der Waals surface area contributed by atoms with Crippen molar-refractivity contribution in [3.8, 4) is 23.0 Å². The van der Waals surface area contributed by atoms with Gasteiger partial charge in [0.2, 0.25) is 5.88 Å². The van der Waals surface area contributed by atoms with Gasteiger partial charge in [-0.2, -0.15) is 4.98 Å². The molecule has 0 spiro atoms. The summed E-state index contributed by atoms with van der Waals surface area (Å²) >= 11 is 0. The van der Waals surface area contributed by atoms with E-state index in [2.05, 4.69) is 9.97 Å². The molecule has 108 valence electrons. The molecule has 8 heteroatoms. The first-order valence-electron chi connectivity index (χ1n) is 5.71. The highest BCUT2D eigenvalue weighted by Gasteiger charge is 2.16. The molecule has 0 amide bonds. The molecule has 1 aromatic carbocycles. The average Bonchev–Trinajstić information content (AvgIpc) is 2.45. The molecule has 0 fully saturated rings. The van der Waals surface area contributed by atoms with E-state index in [0.29, 0.717) is 5.56 Å². The second-order valence-corrected chi connectivity index (χ2v) is 3.95. The number of aromatic hydroxyl groups is 1. The molecule has 2 aromatic rings. The Morgan fingerprint density at radius 2 is 1.81 bits per heavy atom. The molecule has 0 bridgehead atoms. The molecule has 1 heterocycles. The fraction of sp³-hybridized carbons (Fsp3) is 0.0769. The molecule has 0 aliphatic carbocycles. The highest BCUT2D eigenvalue weighted by Crippen LogP contribution is 2.22. The van der Waals surface area contributed by atoms with E-state index in [1.165, 1.54) is 24.3 Å². The third-order valence-corrected chi connectivity index (χ3v) is 2.44. The number of phenolic OH excluding ortho intramolecular Hbond substituents is 1. The SMILES string of the molecule is O=C(O)COc1nc(-c2ccc(O)cc2)ncc1C(=O)O. The number of hydrogen-bond acceptors (Lipinski definition) is 6. The molecule has 0 aliphatic heterocycles. The lowest BCUT2D eigenvalue weighted by Gasteiger charge is -2.07. The van der Waals surface area contributed by atoms with Gasteiger partial charge in [-0.05, 0) is 24.3 Å². The number of rotatable bonds is 5. The second-order valence-electron chi connectivity index (χ2n) is 3.95. The molecule has 0 aliphatic rings. The molecule has 0 saturated carbocycles. The van der Waals surface area contributed by atoms with E-state index in [4.69, 9.17) is 14.9 Å². The molecule has 3 N–H and O–H groups in total. The lowest BCUT2D eigenvalue weighted by Crippen LogP contribution is -2.14. The van der Waals surface area contributed by atoms with Crippen LogP contribution in [0.25, 0.3) is 11.4 Å². The predicted molar refractivity (Wildman–Crippen MR) is 69.2 cm³/mol. The number of ether oxygens (including phenoxy) is 1. The predicted octanol–water partition coefficient (Wildman–Crippen LogP) is 1.01. The van der Waals surface area contributed by atoms with Gasteiger partial charge < -0.3 is 20.1 Å². The summed E-state index contributed by atoms with van der Waals surface area (Å²) in [4.78, 5) is 29.3. The first kappa shape index (κ1) is 14.3. The summed E-state index contributed by atoms with van der Waals surface area (Å²) < 4.78 is 4.86. The quantitative estimate of drug-likeness (QED) is 0.743. The van der Waals surface area contributed by atoms with E-state index in [9.17, 15) is 14.7 Å². The minimum absolute atomic E-state index is 0.0586. The summed E-state index contributed by atoms with van der Waals surface area (Å²) in [6.07, 6.45) is 1.04. The molecular weight excluding hydrogens is 280 g/mol. The number of aliphatic carboxylic acids is 1. The van der Waals surface area contributed by atoms with Crippen LogP contribution in [0, 0.1) is 0 Å². The van der Waals surface area contributed by atoms with Gasteiger partial charge in [0.15, 0.2) is 12.4 Å². The van der Waals surface area contributed by atoms with Gasteiger partial charge in [0.25, 0.3) is 0 Å². The van der Waals surface area contributed by atoms with Crippen LogP contribution in [0.2, 0.25) is 0 Å². The summed E-state index contributed by atoms with van der Waals surface area (Å²) in [6.45, 7) is -0.716. The Labute approximate surface area is 118 Å². The van der Waals surface area contributed by atoms with Gasteiger partial charge in [-0.1, -0.05) is 0 Å². The summed E-state index contributed by atoms with van der Waals surface area (Å²) in [6, 6.07) is 5.90. The zero-order valence-electron chi connectivity index (χ0n) is 10.6. The van der Waals surface area contributed by atoms with Crippen molar-refractivity contribution in [1.82, 2.24) is 9.97 Å². The fourth-order valence-electron chi connectivity index (χ4n) is 1.50. The van der Waals surface area contributed by atoms with E-state index in [1.54, 1.807) is 0 Å². The van der Waals surface area contributed by atoms with Crippen LogP contribution in [0.15, 0.2) is 30.5 Å². The molecule has 1 aromatic heterocycles. The van der Waals surface area contributed by atoms with Crippen LogP contribution in [0.3, 0.4) is 0 Å². The van der Waals surface area contributed by atoms with Gasteiger partial charge in [0, 0.05) is 11.8 Å². The number of benzene rings is 1. The summed E-state index contributed by atoms with van der Waals surface area (Å²) in [7, 11) is 0. The van der Waals surface area contributed by atoms with Crippen LogP contribution < -0.4 is 4.74 Å². The topological polar surface area (TPSA) is 130 Å². The van der Waals surface area contributed by atoms with Crippen LogP contribution in [0.1, 0.15) is 10.4 Å². The Hall–Kier alpha value is -3.16. The van der Waals surface area contributed by atoms with Gasteiger partial charge in [0.1, 0.15) is 11.3 Å². The fourth-order valence-corrected chi connectivity index (χ4v) is 1.50. The molecule has 8 nitrogen and oxygen atoms in total. The highest BCUT2D eigenvalue weighted by atomic mass is 16.5.